The SMILES string of the molecule is COC(=O)c1scc(C)c1-c1cc(OC)ccc1OC. The van der Waals surface area contributed by atoms with Crippen LogP contribution in [-0.4, -0.2) is 27.3 Å². The first kappa shape index (κ1) is 14.4. The van der Waals surface area contributed by atoms with Crippen molar-refractivity contribution >= 4 is 17.3 Å². The Bertz CT molecular complexity index is 631. The second-order valence-electron chi connectivity index (χ2n) is 4.18. The first-order valence-electron chi connectivity index (χ1n) is 6.01. The van der Waals surface area contributed by atoms with Gasteiger partial charge in [0.05, 0.1) is 21.3 Å². The number of esters is 1. The number of benzene rings is 1. The van der Waals surface area contributed by atoms with Gasteiger partial charge in [-0.3, -0.25) is 0 Å². The van der Waals surface area contributed by atoms with Gasteiger partial charge < -0.3 is 14.2 Å². The molecule has 0 aliphatic rings. The molecule has 0 radical (unpaired) electrons. The fraction of sp³-hybridized carbons (Fsp3) is 0.267. The van der Waals surface area contributed by atoms with E-state index in [1.807, 2.05) is 30.5 Å². The molecule has 5 heteroatoms. The van der Waals surface area contributed by atoms with Gasteiger partial charge in [0.15, 0.2) is 0 Å². The molecular formula is C15H16O4S. The summed E-state index contributed by atoms with van der Waals surface area (Å²) in [6.07, 6.45) is 0. The molecule has 0 unspecified atom stereocenters. The minimum absolute atomic E-state index is 0.344. The number of thiophene rings is 1. The lowest BCUT2D eigenvalue weighted by molar-refractivity contribution is 0.0607. The van der Waals surface area contributed by atoms with Gasteiger partial charge in [-0.1, -0.05) is 0 Å². The summed E-state index contributed by atoms with van der Waals surface area (Å²) in [5, 5.41) is 1.93. The summed E-state index contributed by atoms with van der Waals surface area (Å²) in [6, 6.07) is 5.51. The van der Waals surface area contributed by atoms with Crippen LogP contribution in [0, 0.1) is 6.92 Å². The van der Waals surface area contributed by atoms with Crippen molar-refractivity contribution in [3.63, 3.8) is 0 Å². The molecule has 0 aliphatic carbocycles. The third-order valence-corrected chi connectivity index (χ3v) is 4.10. The van der Waals surface area contributed by atoms with Crippen molar-refractivity contribution in [2.45, 2.75) is 6.92 Å². The predicted molar refractivity (Wildman–Crippen MR) is 78.9 cm³/mol. The lowest BCUT2D eigenvalue weighted by Crippen LogP contribution is -2.01. The zero-order valence-corrected chi connectivity index (χ0v) is 12.7. The van der Waals surface area contributed by atoms with Crippen molar-refractivity contribution < 1.29 is 19.0 Å². The maximum absolute atomic E-state index is 11.9. The van der Waals surface area contributed by atoms with Crippen molar-refractivity contribution in [2.24, 2.45) is 0 Å². The highest BCUT2D eigenvalue weighted by molar-refractivity contribution is 7.12. The fourth-order valence-corrected chi connectivity index (χ4v) is 3.01. The van der Waals surface area contributed by atoms with Crippen LogP contribution in [0.15, 0.2) is 23.6 Å². The van der Waals surface area contributed by atoms with E-state index in [-0.39, 0.29) is 5.97 Å². The fourth-order valence-electron chi connectivity index (χ4n) is 2.03. The van der Waals surface area contributed by atoms with E-state index >= 15 is 0 Å². The third-order valence-electron chi connectivity index (χ3n) is 3.02. The van der Waals surface area contributed by atoms with Gasteiger partial charge in [0.1, 0.15) is 16.4 Å². The van der Waals surface area contributed by atoms with Crippen LogP contribution in [0.3, 0.4) is 0 Å². The molecule has 106 valence electrons. The van der Waals surface area contributed by atoms with Crippen molar-refractivity contribution in [1.82, 2.24) is 0 Å². The first-order chi connectivity index (χ1) is 9.62. The molecule has 1 heterocycles. The molecule has 4 nitrogen and oxygen atoms in total. The lowest BCUT2D eigenvalue weighted by atomic mass is 10.0. The van der Waals surface area contributed by atoms with E-state index in [0.717, 1.165) is 16.7 Å². The van der Waals surface area contributed by atoms with Gasteiger partial charge >= 0.3 is 5.97 Å². The number of rotatable bonds is 4. The van der Waals surface area contributed by atoms with Crippen LogP contribution in [0.4, 0.5) is 0 Å². The Kier molecular flexibility index (Phi) is 4.29. The molecule has 0 spiro atoms. The maximum Gasteiger partial charge on any atom is 0.348 e. The summed E-state index contributed by atoms with van der Waals surface area (Å²) in [5.41, 5.74) is 2.66. The molecule has 0 amide bonds. The second-order valence-corrected chi connectivity index (χ2v) is 5.06. The highest BCUT2D eigenvalue weighted by atomic mass is 32.1. The first-order valence-corrected chi connectivity index (χ1v) is 6.89. The van der Waals surface area contributed by atoms with Crippen LogP contribution in [0.1, 0.15) is 15.2 Å². The Balaban J connectivity index is 2.67. The summed E-state index contributed by atoms with van der Waals surface area (Å²) >= 11 is 1.37. The number of hydrogen-bond acceptors (Lipinski definition) is 5. The van der Waals surface area contributed by atoms with Crippen LogP contribution in [0.5, 0.6) is 11.5 Å². The van der Waals surface area contributed by atoms with E-state index in [2.05, 4.69) is 0 Å². The molecule has 20 heavy (non-hydrogen) atoms. The smallest absolute Gasteiger partial charge is 0.348 e. The molecule has 0 saturated heterocycles. The maximum atomic E-state index is 11.9. The predicted octanol–water partition coefficient (Wildman–Crippen LogP) is 3.53. The molecule has 0 atom stereocenters. The zero-order valence-electron chi connectivity index (χ0n) is 11.9. The van der Waals surface area contributed by atoms with Crippen LogP contribution in [0.2, 0.25) is 0 Å². The van der Waals surface area contributed by atoms with Gasteiger partial charge in [0.2, 0.25) is 0 Å². The number of ether oxygens (including phenoxy) is 3. The van der Waals surface area contributed by atoms with E-state index < -0.39 is 0 Å². The van der Waals surface area contributed by atoms with E-state index in [0.29, 0.717) is 16.4 Å². The van der Waals surface area contributed by atoms with Crippen LogP contribution in [0.25, 0.3) is 11.1 Å². The number of aryl methyl sites for hydroxylation is 1. The van der Waals surface area contributed by atoms with Crippen LogP contribution in [-0.2, 0) is 4.74 Å². The monoisotopic (exact) mass is 292 g/mol. The Labute approximate surface area is 121 Å². The van der Waals surface area contributed by atoms with Gasteiger partial charge in [-0.05, 0) is 36.1 Å². The second kappa shape index (κ2) is 5.96. The number of carbonyl (C=O) groups is 1. The highest BCUT2D eigenvalue weighted by Crippen LogP contribution is 2.40. The summed E-state index contributed by atoms with van der Waals surface area (Å²) in [4.78, 5) is 12.5. The molecule has 2 rings (SSSR count). The Hall–Kier alpha value is -2.01. The Morgan fingerprint density at radius 2 is 1.90 bits per heavy atom. The van der Waals surface area contributed by atoms with Crippen molar-refractivity contribution in [3.8, 4) is 22.6 Å². The van der Waals surface area contributed by atoms with Gasteiger partial charge in [-0.15, -0.1) is 11.3 Å². The summed E-state index contributed by atoms with van der Waals surface area (Å²) in [7, 11) is 4.59. The number of carbonyl (C=O) groups excluding carboxylic acids is 1. The van der Waals surface area contributed by atoms with Gasteiger partial charge in [0, 0.05) is 11.1 Å². The standard InChI is InChI=1S/C15H16O4S/c1-9-8-20-14(15(16)19-4)13(9)11-7-10(17-2)5-6-12(11)18-3/h5-8H,1-4H3. The summed E-state index contributed by atoms with van der Waals surface area (Å²) in [6.45, 7) is 1.96. The molecule has 0 saturated carbocycles. The van der Waals surface area contributed by atoms with E-state index in [1.165, 1.54) is 18.4 Å². The Morgan fingerprint density at radius 3 is 2.50 bits per heavy atom. The zero-order chi connectivity index (χ0) is 14.7. The number of hydrogen-bond donors (Lipinski definition) is 0. The van der Waals surface area contributed by atoms with Crippen molar-refractivity contribution in [2.75, 3.05) is 21.3 Å². The lowest BCUT2D eigenvalue weighted by Gasteiger charge is -2.12. The highest BCUT2D eigenvalue weighted by Gasteiger charge is 2.21. The van der Waals surface area contributed by atoms with E-state index in [9.17, 15) is 4.79 Å². The van der Waals surface area contributed by atoms with E-state index in [1.54, 1.807) is 14.2 Å². The molecule has 1 aromatic carbocycles. The molecule has 0 N–H and O–H groups in total. The van der Waals surface area contributed by atoms with Crippen LogP contribution >= 0.6 is 11.3 Å². The minimum Gasteiger partial charge on any atom is -0.497 e. The molecule has 1 aromatic heterocycles. The van der Waals surface area contributed by atoms with Crippen LogP contribution < -0.4 is 9.47 Å². The largest absolute Gasteiger partial charge is 0.497 e. The minimum atomic E-state index is -0.344. The van der Waals surface area contributed by atoms with Gasteiger partial charge in [-0.25, -0.2) is 4.79 Å². The normalized spacial score (nSPS) is 10.2. The Morgan fingerprint density at radius 1 is 1.15 bits per heavy atom. The van der Waals surface area contributed by atoms with E-state index in [4.69, 9.17) is 14.2 Å². The average Bonchev–Trinajstić information content (AvgIpc) is 2.87. The molecule has 0 fully saturated rings. The third kappa shape index (κ3) is 2.49. The molecule has 2 aromatic rings. The van der Waals surface area contributed by atoms with Crippen molar-refractivity contribution in [3.05, 3.63) is 34.0 Å². The molecule has 0 bridgehead atoms. The summed E-state index contributed by atoms with van der Waals surface area (Å²) in [5.74, 6) is 1.06. The number of methoxy groups -OCH3 is 3. The van der Waals surface area contributed by atoms with Crippen molar-refractivity contribution in [1.29, 1.82) is 0 Å². The topological polar surface area (TPSA) is 44.8 Å². The quantitative estimate of drug-likeness (QED) is 0.809. The van der Waals surface area contributed by atoms with Gasteiger partial charge in [-0.2, -0.15) is 0 Å². The molecular weight excluding hydrogens is 276 g/mol. The van der Waals surface area contributed by atoms with Gasteiger partial charge in [0.25, 0.3) is 0 Å². The molecule has 0 aliphatic heterocycles. The average molecular weight is 292 g/mol. The summed E-state index contributed by atoms with van der Waals surface area (Å²) < 4.78 is 15.5.